The van der Waals surface area contributed by atoms with E-state index in [0.717, 1.165) is 12.0 Å². The summed E-state index contributed by atoms with van der Waals surface area (Å²) >= 11 is 0. The van der Waals surface area contributed by atoms with Gasteiger partial charge >= 0.3 is 0 Å². The van der Waals surface area contributed by atoms with Gasteiger partial charge in [-0.15, -0.1) is 0 Å². The number of nitrogens with one attached hydrogen (secondary N) is 5. The number of carbonyl (C=O) groups is 5. The standard InChI is InChI=1S/C25H39N5O5/c1-17(2)10-11-21(31)27-14-22(32)28-16-24(34)30-20(12-19-8-6-5-7-9-19)25(35)29-15-23(33)26-13-18(3)4/h5-9,17-18,20H,10-16H2,1-4H3,(H,26,33)(H,27,31)(H,28,32)(H,29,35)(H,30,34). The molecule has 0 bridgehead atoms. The number of carbonyl (C=O) groups excluding carboxylic acids is 5. The number of amides is 5. The molecule has 1 rings (SSSR count). The molecule has 1 atom stereocenters. The highest BCUT2D eigenvalue weighted by Crippen LogP contribution is 2.04. The van der Waals surface area contributed by atoms with Crippen molar-refractivity contribution in [3.63, 3.8) is 0 Å². The Morgan fingerprint density at radius 2 is 1.26 bits per heavy atom. The molecule has 0 aliphatic heterocycles. The summed E-state index contributed by atoms with van der Waals surface area (Å²) in [6.45, 7) is 7.64. The summed E-state index contributed by atoms with van der Waals surface area (Å²) in [5.41, 5.74) is 0.824. The Bertz CT molecular complexity index is 842. The van der Waals surface area contributed by atoms with Gasteiger partial charge in [-0.1, -0.05) is 58.0 Å². The molecule has 0 spiro atoms. The Balaban J connectivity index is 2.56. The minimum Gasteiger partial charge on any atom is -0.354 e. The maximum Gasteiger partial charge on any atom is 0.243 e. The molecule has 1 unspecified atom stereocenters. The predicted octanol–water partition coefficient (Wildman–Crippen LogP) is 0.271. The summed E-state index contributed by atoms with van der Waals surface area (Å²) in [7, 11) is 0. The van der Waals surface area contributed by atoms with Gasteiger partial charge in [0.1, 0.15) is 6.04 Å². The molecule has 35 heavy (non-hydrogen) atoms. The van der Waals surface area contributed by atoms with Crippen molar-refractivity contribution in [1.82, 2.24) is 26.6 Å². The van der Waals surface area contributed by atoms with Crippen LogP contribution in [0.5, 0.6) is 0 Å². The Morgan fingerprint density at radius 3 is 1.89 bits per heavy atom. The molecule has 194 valence electrons. The smallest absolute Gasteiger partial charge is 0.243 e. The van der Waals surface area contributed by atoms with Gasteiger partial charge in [0, 0.05) is 19.4 Å². The van der Waals surface area contributed by atoms with Gasteiger partial charge in [0.2, 0.25) is 29.5 Å². The number of benzene rings is 1. The van der Waals surface area contributed by atoms with Crippen LogP contribution in [0.3, 0.4) is 0 Å². The molecule has 0 saturated carbocycles. The summed E-state index contributed by atoms with van der Waals surface area (Å²) in [4.78, 5) is 60.7. The summed E-state index contributed by atoms with van der Waals surface area (Å²) in [6.07, 6.45) is 1.27. The average molecular weight is 490 g/mol. The van der Waals surface area contributed by atoms with Crippen LogP contribution in [0, 0.1) is 11.8 Å². The molecule has 5 N–H and O–H groups in total. The molecule has 0 aliphatic carbocycles. The van der Waals surface area contributed by atoms with E-state index in [1.54, 1.807) is 0 Å². The lowest BCUT2D eigenvalue weighted by atomic mass is 10.1. The van der Waals surface area contributed by atoms with Crippen molar-refractivity contribution in [1.29, 1.82) is 0 Å². The summed E-state index contributed by atoms with van der Waals surface area (Å²) < 4.78 is 0. The SMILES string of the molecule is CC(C)CCC(=O)NCC(=O)NCC(=O)NC(Cc1ccccc1)C(=O)NCC(=O)NCC(C)C. The molecule has 1 aromatic carbocycles. The van der Waals surface area contributed by atoms with E-state index in [0.29, 0.717) is 18.9 Å². The van der Waals surface area contributed by atoms with Crippen LogP contribution in [-0.4, -0.2) is 61.8 Å². The maximum atomic E-state index is 12.7. The molecular weight excluding hydrogens is 450 g/mol. The highest BCUT2D eigenvalue weighted by atomic mass is 16.2. The van der Waals surface area contributed by atoms with Gasteiger partial charge in [0.15, 0.2) is 0 Å². The first-order valence-electron chi connectivity index (χ1n) is 12.0. The van der Waals surface area contributed by atoms with Crippen molar-refractivity contribution in [2.24, 2.45) is 11.8 Å². The summed E-state index contributed by atoms with van der Waals surface area (Å²) in [6, 6.07) is 8.20. The van der Waals surface area contributed by atoms with Crippen LogP contribution in [0.1, 0.15) is 46.1 Å². The molecule has 0 heterocycles. The highest BCUT2D eigenvalue weighted by molar-refractivity contribution is 5.92. The van der Waals surface area contributed by atoms with Gasteiger partial charge in [-0.2, -0.15) is 0 Å². The van der Waals surface area contributed by atoms with E-state index < -0.39 is 23.8 Å². The van der Waals surface area contributed by atoms with E-state index in [9.17, 15) is 24.0 Å². The van der Waals surface area contributed by atoms with Gasteiger partial charge in [-0.3, -0.25) is 24.0 Å². The van der Waals surface area contributed by atoms with Crippen LogP contribution in [0.2, 0.25) is 0 Å². The van der Waals surface area contributed by atoms with E-state index in [4.69, 9.17) is 0 Å². The van der Waals surface area contributed by atoms with Crippen molar-refractivity contribution in [3.05, 3.63) is 35.9 Å². The minimum absolute atomic E-state index is 0.208. The molecule has 10 heteroatoms. The quantitative estimate of drug-likeness (QED) is 0.240. The second-order valence-corrected chi connectivity index (χ2v) is 9.21. The molecule has 0 aliphatic rings. The lowest BCUT2D eigenvalue weighted by Gasteiger charge is -2.19. The van der Waals surface area contributed by atoms with Gasteiger partial charge in [-0.05, 0) is 23.8 Å². The number of hydrogen-bond donors (Lipinski definition) is 5. The van der Waals surface area contributed by atoms with Crippen molar-refractivity contribution >= 4 is 29.5 Å². The highest BCUT2D eigenvalue weighted by Gasteiger charge is 2.22. The van der Waals surface area contributed by atoms with Crippen LogP contribution in [-0.2, 0) is 30.4 Å². The number of rotatable bonds is 15. The topological polar surface area (TPSA) is 146 Å². The van der Waals surface area contributed by atoms with Crippen LogP contribution < -0.4 is 26.6 Å². The Labute approximate surface area is 207 Å². The van der Waals surface area contributed by atoms with Crippen LogP contribution in [0.15, 0.2) is 30.3 Å². The minimum atomic E-state index is -0.935. The lowest BCUT2D eigenvalue weighted by molar-refractivity contribution is -0.131. The van der Waals surface area contributed by atoms with Crippen LogP contribution >= 0.6 is 0 Å². The van der Waals surface area contributed by atoms with Crippen LogP contribution in [0.4, 0.5) is 0 Å². The molecule has 0 fully saturated rings. The van der Waals surface area contributed by atoms with Crippen molar-refractivity contribution in [2.75, 3.05) is 26.2 Å². The van der Waals surface area contributed by atoms with Gasteiger partial charge in [-0.25, -0.2) is 0 Å². The molecule has 1 aromatic rings. The fraction of sp³-hybridized carbons (Fsp3) is 0.560. The maximum absolute atomic E-state index is 12.7. The monoisotopic (exact) mass is 489 g/mol. The van der Waals surface area contributed by atoms with E-state index in [2.05, 4.69) is 26.6 Å². The zero-order chi connectivity index (χ0) is 26.2. The fourth-order valence-electron chi connectivity index (χ4n) is 2.90. The summed E-state index contributed by atoms with van der Waals surface area (Å²) in [5.74, 6) is -1.47. The molecular formula is C25H39N5O5. The predicted molar refractivity (Wildman–Crippen MR) is 133 cm³/mol. The fourth-order valence-corrected chi connectivity index (χ4v) is 2.90. The third-order valence-corrected chi connectivity index (χ3v) is 4.91. The third kappa shape index (κ3) is 14.4. The second kappa shape index (κ2) is 16.2. The molecule has 0 aromatic heterocycles. The normalized spacial score (nSPS) is 11.5. The molecule has 5 amide bonds. The molecule has 0 radical (unpaired) electrons. The summed E-state index contributed by atoms with van der Waals surface area (Å²) in [5, 5.41) is 12.8. The van der Waals surface area contributed by atoms with Crippen molar-refractivity contribution in [3.8, 4) is 0 Å². The lowest BCUT2D eigenvalue weighted by Crippen LogP contribution is -2.52. The molecule has 10 nitrogen and oxygen atoms in total. The van der Waals surface area contributed by atoms with E-state index in [1.165, 1.54) is 0 Å². The van der Waals surface area contributed by atoms with Gasteiger partial charge < -0.3 is 26.6 Å². The zero-order valence-corrected chi connectivity index (χ0v) is 21.1. The first-order valence-corrected chi connectivity index (χ1v) is 12.0. The van der Waals surface area contributed by atoms with E-state index in [1.807, 2.05) is 58.0 Å². The average Bonchev–Trinajstić information content (AvgIpc) is 2.82. The Kier molecular flexibility index (Phi) is 13.7. The van der Waals surface area contributed by atoms with Crippen molar-refractivity contribution in [2.45, 2.75) is 53.0 Å². The van der Waals surface area contributed by atoms with Crippen molar-refractivity contribution < 1.29 is 24.0 Å². The Hall–Kier alpha value is -3.43. The van der Waals surface area contributed by atoms with E-state index in [-0.39, 0.29) is 43.8 Å². The van der Waals surface area contributed by atoms with Crippen LogP contribution in [0.25, 0.3) is 0 Å². The van der Waals surface area contributed by atoms with Gasteiger partial charge in [0.25, 0.3) is 0 Å². The largest absolute Gasteiger partial charge is 0.354 e. The second-order valence-electron chi connectivity index (χ2n) is 9.21. The molecule has 0 saturated heterocycles. The Morgan fingerprint density at radius 1 is 0.686 bits per heavy atom. The first-order chi connectivity index (χ1) is 16.6. The number of hydrogen-bond acceptors (Lipinski definition) is 5. The third-order valence-electron chi connectivity index (χ3n) is 4.91. The first kappa shape index (κ1) is 29.6. The van der Waals surface area contributed by atoms with E-state index >= 15 is 0 Å². The van der Waals surface area contributed by atoms with Gasteiger partial charge in [0.05, 0.1) is 19.6 Å². The zero-order valence-electron chi connectivity index (χ0n) is 21.1.